The Labute approximate surface area is 112 Å². The molecule has 0 saturated carbocycles. The van der Waals surface area contributed by atoms with Gasteiger partial charge < -0.3 is 0 Å². The lowest BCUT2D eigenvalue weighted by molar-refractivity contribution is 0.349. The standard InChI is InChI=1S/C12H18BrNO2S/c1-4-11(5-2)14(3)17(15,16)12-8-6-7-10(13)9-12/h6-9,11H,4-5H2,1-3H3. The third-order valence-electron chi connectivity index (χ3n) is 2.93. The second-order valence-electron chi connectivity index (χ2n) is 3.95. The zero-order valence-electron chi connectivity index (χ0n) is 10.4. The van der Waals surface area contributed by atoms with E-state index in [1.165, 1.54) is 4.31 Å². The summed E-state index contributed by atoms with van der Waals surface area (Å²) >= 11 is 3.29. The van der Waals surface area contributed by atoms with Crippen LogP contribution in [0.15, 0.2) is 33.6 Å². The van der Waals surface area contributed by atoms with E-state index in [9.17, 15) is 8.42 Å². The first-order chi connectivity index (χ1) is 7.93. The first kappa shape index (κ1) is 14.7. The summed E-state index contributed by atoms with van der Waals surface area (Å²) in [5.41, 5.74) is 0. The van der Waals surface area contributed by atoms with Crippen molar-refractivity contribution >= 4 is 26.0 Å². The minimum absolute atomic E-state index is 0.0546. The molecule has 3 nitrogen and oxygen atoms in total. The number of benzene rings is 1. The summed E-state index contributed by atoms with van der Waals surface area (Å²) in [4.78, 5) is 0.335. The molecule has 0 atom stereocenters. The average Bonchev–Trinajstić information content (AvgIpc) is 2.30. The highest BCUT2D eigenvalue weighted by molar-refractivity contribution is 9.10. The topological polar surface area (TPSA) is 37.4 Å². The van der Waals surface area contributed by atoms with Crippen LogP contribution < -0.4 is 0 Å². The predicted octanol–water partition coefficient (Wildman–Crippen LogP) is 3.26. The molecule has 0 unspecified atom stereocenters. The van der Waals surface area contributed by atoms with E-state index in [1.54, 1.807) is 25.2 Å². The minimum atomic E-state index is -3.38. The summed E-state index contributed by atoms with van der Waals surface area (Å²) in [5, 5.41) is 0. The summed E-state index contributed by atoms with van der Waals surface area (Å²) in [5.74, 6) is 0. The van der Waals surface area contributed by atoms with Crippen LogP contribution in [0.3, 0.4) is 0 Å². The molecule has 5 heteroatoms. The molecule has 0 heterocycles. The van der Waals surface area contributed by atoms with Gasteiger partial charge in [0.15, 0.2) is 0 Å². The van der Waals surface area contributed by atoms with Crippen LogP contribution in [-0.2, 0) is 10.0 Å². The molecule has 17 heavy (non-hydrogen) atoms. The molecule has 0 amide bonds. The summed E-state index contributed by atoms with van der Waals surface area (Å²) in [6.45, 7) is 4.00. The smallest absolute Gasteiger partial charge is 0.207 e. The number of nitrogens with zero attached hydrogens (tertiary/aromatic N) is 1. The molecular formula is C12H18BrNO2S. The van der Waals surface area contributed by atoms with Crippen molar-refractivity contribution in [3.8, 4) is 0 Å². The minimum Gasteiger partial charge on any atom is -0.207 e. The van der Waals surface area contributed by atoms with Crippen LogP contribution in [0.5, 0.6) is 0 Å². The van der Waals surface area contributed by atoms with E-state index in [0.717, 1.165) is 17.3 Å². The Hall–Kier alpha value is -0.390. The van der Waals surface area contributed by atoms with Gasteiger partial charge in [0.1, 0.15) is 0 Å². The van der Waals surface area contributed by atoms with Crippen molar-refractivity contribution in [3.05, 3.63) is 28.7 Å². The molecule has 96 valence electrons. The Morgan fingerprint density at radius 2 is 1.88 bits per heavy atom. The third kappa shape index (κ3) is 3.30. The molecule has 0 aliphatic heterocycles. The molecule has 0 aliphatic carbocycles. The van der Waals surface area contributed by atoms with Crippen LogP contribution in [0.2, 0.25) is 0 Å². The monoisotopic (exact) mass is 319 g/mol. The molecule has 0 saturated heterocycles. The number of rotatable bonds is 5. The molecule has 1 aromatic rings. The average molecular weight is 320 g/mol. The van der Waals surface area contributed by atoms with Crippen molar-refractivity contribution in [2.24, 2.45) is 0 Å². The molecule has 0 aliphatic rings. The first-order valence-corrected chi connectivity index (χ1v) is 7.90. The molecule has 0 radical (unpaired) electrons. The van der Waals surface area contributed by atoms with Gasteiger partial charge >= 0.3 is 0 Å². The Kier molecular flexibility index (Phi) is 5.16. The van der Waals surface area contributed by atoms with Gasteiger partial charge in [0, 0.05) is 17.6 Å². The van der Waals surface area contributed by atoms with Crippen LogP contribution in [0, 0.1) is 0 Å². The second kappa shape index (κ2) is 5.98. The molecule has 0 aromatic heterocycles. The number of halogens is 1. The summed E-state index contributed by atoms with van der Waals surface area (Å²) in [6.07, 6.45) is 1.64. The normalized spacial score (nSPS) is 12.4. The Balaban J connectivity index is 3.11. The fraction of sp³-hybridized carbons (Fsp3) is 0.500. The maximum atomic E-state index is 12.3. The maximum Gasteiger partial charge on any atom is 0.243 e. The quantitative estimate of drug-likeness (QED) is 0.835. The van der Waals surface area contributed by atoms with E-state index < -0.39 is 10.0 Å². The van der Waals surface area contributed by atoms with Crippen LogP contribution >= 0.6 is 15.9 Å². The summed E-state index contributed by atoms with van der Waals surface area (Å²) in [7, 11) is -1.73. The van der Waals surface area contributed by atoms with Gasteiger partial charge in [-0.05, 0) is 31.0 Å². The van der Waals surface area contributed by atoms with E-state index in [1.807, 2.05) is 19.9 Å². The van der Waals surface area contributed by atoms with Gasteiger partial charge in [0.05, 0.1) is 4.90 Å². The van der Waals surface area contributed by atoms with Crippen molar-refractivity contribution in [3.63, 3.8) is 0 Å². The highest BCUT2D eigenvalue weighted by Gasteiger charge is 2.25. The fourth-order valence-corrected chi connectivity index (χ4v) is 3.89. The van der Waals surface area contributed by atoms with E-state index in [-0.39, 0.29) is 6.04 Å². The van der Waals surface area contributed by atoms with Gasteiger partial charge in [0.25, 0.3) is 0 Å². The van der Waals surface area contributed by atoms with Gasteiger partial charge in [-0.1, -0.05) is 35.8 Å². The van der Waals surface area contributed by atoms with Crippen molar-refractivity contribution in [1.29, 1.82) is 0 Å². The lowest BCUT2D eigenvalue weighted by Gasteiger charge is -2.25. The van der Waals surface area contributed by atoms with E-state index in [0.29, 0.717) is 4.90 Å². The third-order valence-corrected chi connectivity index (χ3v) is 5.33. The van der Waals surface area contributed by atoms with E-state index >= 15 is 0 Å². The fourth-order valence-electron chi connectivity index (χ4n) is 1.79. The lowest BCUT2D eigenvalue weighted by atomic mass is 10.2. The number of sulfonamides is 1. The lowest BCUT2D eigenvalue weighted by Crippen LogP contribution is -2.36. The maximum absolute atomic E-state index is 12.3. The molecule has 1 aromatic carbocycles. The van der Waals surface area contributed by atoms with Crippen molar-refractivity contribution < 1.29 is 8.42 Å². The second-order valence-corrected chi connectivity index (χ2v) is 6.86. The van der Waals surface area contributed by atoms with Crippen molar-refractivity contribution in [1.82, 2.24) is 4.31 Å². The summed E-state index contributed by atoms with van der Waals surface area (Å²) < 4.78 is 26.9. The van der Waals surface area contributed by atoms with Gasteiger partial charge in [-0.25, -0.2) is 8.42 Å². The molecule has 0 bridgehead atoms. The van der Waals surface area contributed by atoms with Crippen LogP contribution in [0.4, 0.5) is 0 Å². The largest absolute Gasteiger partial charge is 0.243 e. The van der Waals surface area contributed by atoms with Crippen LogP contribution in [0.25, 0.3) is 0 Å². The molecule has 1 rings (SSSR count). The van der Waals surface area contributed by atoms with E-state index in [2.05, 4.69) is 15.9 Å². The van der Waals surface area contributed by atoms with Crippen LogP contribution in [-0.4, -0.2) is 25.8 Å². The SMILES string of the molecule is CCC(CC)N(C)S(=O)(=O)c1cccc(Br)c1. The van der Waals surface area contributed by atoms with Crippen molar-refractivity contribution in [2.45, 2.75) is 37.6 Å². The van der Waals surface area contributed by atoms with Crippen LogP contribution in [0.1, 0.15) is 26.7 Å². The van der Waals surface area contributed by atoms with E-state index in [4.69, 9.17) is 0 Å². The van der Waals surface area contributed by atoms with Gasteiger partial charge in [-0.2, -0.15) is 4.31 Å². The van der Waals surface area contributed by atoms with Gasteiger partial charge in [-0.15, -0.1) is 0 Å². The number of hydrogen-bond donors (Lipinski definition) is 0. The Bertz CT molecular complexity index is 469. The summed E-state index contributed by atoms with van der Waals surface area (Å²) in [6, 6.07) is 6.86. The van der Waals surface area contributed by atoms with Gasteiger partial charge in [0.2, 0.25) is 10.0 Å². The molecule has 0 fully saturated rings. The first-order valence-electron chi connectivity index (χ1n) is 5.67. The predicted molar refractivity (Wildman–Crippen MR) is 73.5 cm³/mol. The molecule has 0 spiro atoms. The molecular weight excluding hydrogens is 302 g/mol. The van der Waals surface area contributed by atoms with Gasteiger partial charge in [-0.3, -0.25) is 0 Å². The Morgan fingerprint density at radius 3 is 2.35 bits per heavy atom. The highest BCUT2D eigenvalue weighted by atomic mass is 79.9. The number of hydrogen-bond acceptors (Lipinski definition) is 2. The van der Waals surface area contributed by atoms with Crippen molar-refractivity contribution in [2.75, 3.05) is 7.05 Å². The zero-order valence-corrected chi connectivity index (χ0v) is 12.8. The Morgan fingerprint density at radius 1 is 1.29 bits per heavy atom. The molecule has 0 N–H and O–H groups in total. The zero-order chi connectivity index (χ0) is 13.1. The highest BCUT2D eigenvalue weighted by Crippen LogP contribution is 2.22.